The molecule has 0 unspecified atom stereocenters. The van der Waals surface area contributed by atoms with Crippen LogP contribution in [-0.2, 0) is 22.5 Å². The summed E-state index contributed by atoms with van der Waals surface area (Å²) in [5.74, 6) is 1.06. The number of carbonyl (C=O) groups excluding carboxylic acids is 2. The summed E-state index contributed by atoms with van der Waals surface area (Å²) in [5, 5.41) is 3.85. The molecule has 0 radical (unpaired) electrons. The zero-order chi connectivity index (χ0) is 24.3. The molecule has 1 aromatic carbocycles. The largest absolute Gasteiger partial charge is 0.493 e. The van der Waals surface area contributed by atoms with Crippen LogP contribution in [0.5, 0.6) is 11.5 Å². The fourth-order valence-electron chi connectivity index (χ4n) is 3.46. The third kappa shape index (κ3) is 7.06. The van der Waals surface area contributed by atoms with E-state index in [1.165, 1.54) is 11.3 Å². The van der Waals surface area contributed by atoms with Gasteiger partial charge in [-0.05, 0) is 47.0 Å². The van der Waals surface area contributed by atoms with Crippen molar-refractivity contribution in [1.29, 1.82) is 0 Å². The second kappa shape index (κ2) is 13.1. The number of methoxy groups -OCH3 is 3. The first-order valence-electron chi connectivity index (χ1n) is 10.9. The van der Waals surface area contributed by atoms with Crippen LogP contribution < -0.4 is 9.47 Å². The van der Waals surface area contributed by atoms with Crippen molar-refractivity contribution in [3.8, 4) is 11.5 Å². The molecule has 182 valence electrons. The molecule has 2 aromatic heterocycles. The summed E-state index contributed by atoms with van der Waals surface area (Å²) in [6, 6.07) is 13.4. The zero-order valence-electron chi connectivity index (χ0n) is 19.7. The predicted octanol–water partition coefficient (Wildman–Crippen LogP) is 4.19. The van der Waals surface area contributed by atoms with Crippen molar-refractivity contribution >= 4 is 34.5 Å². The highest BCUT2D eigenvalue weighted by atomic mass is 32.1. The van der Waals surface area contributed by atoms with E-state index in [1.54, 1.807) is 43.6 Å². The minimum Gasteiger partial charge on any atom is -0.493 e. The monoisotopic (exact) mass is 502 g/mol. The van der Waals surface area contributed by atoms with Gasteiger partial charge in [-0.15, -0.1) is 22.7 Å². The average molecular weight is 503 g/mol. The first-order chi connectivity index (χ1) is 16.5. The standard InChI is InChI=1S/C25H30N2O5S2/c1-30-13-12-27(25(29)23-7-5-15-34-23)18-24(28)26(17-20-6-4-14-33-20)11-10-19-8-9-21(31-2)22(16-19)32-3/h4-9,14-16H,10-13,17-18H2,1-3H3. The highest BCUT2D eigenvalue weighted by Crippen LogP contribution is 2.28. The van der Waals surface area contributed by atoms with Gasteiger partial charge in [0.15, 0.2) is 11.5 Å². The molecule has 2 amide bonds. The number of benzene rings is 1. The van der Waals surface area contributed by atoms with Gasteiger partial charge in [0.05, 0.1) is 32.2 Å². The molecule has 3 aromatic rings. The van der Waals surface area contributed by atoms with E-state index in [4.69, 9.17) is 14.2 Å². The van der Waals surface area contributed by atoms with E-state index < -0.39 is 0 Å². The molecule has 0 saturated heterocycles. The number of nitrogens with zero attached hydrogens (tertiary/aromatic N) is 2. The molecule has 0 spiro atoms. The first-order valence-corrected chi connectivity index (χ1v) is 12.6. The number of hydrogen-bond donors (Lipinski definition) is 0. The summed E-state index contributed by atoms with van der Waals surface area (Å²) in [6.45, 7) is 1.71. The predicted molar refractivity (Wildman–Crippen MR) is 135 cm³/mol. The summed E-state index contributed by atoms with van der Waals surface area (Å²) in [7, 11) is 4.79. The van der Waals surface area contributed by atoms with Crippen LogP contribution in [0.2, 0.25) is 0 Å². The number of hydrogen-bond acceptors (Lipinski definition) is 7. The second-order valence-corrected chi connectivity index (χ2v) is 9.51. The molecule has 0 saturated carbocycles. The Morgan fingerprint density at radius 3 is 2.29 bits per heavy atom. The van der Waals surface area contributed by atoms with E-state index in [9.17, 15) is 9.59 Å². The van der Waals surface area contributed by atoms with Gasteiger partial charge in [0.1, 0.15) is 6.54 Å². The molecule has 0 aliphatic carbocycles. The van der Waals surface area contributed by atoms with E-state index >= 15 is 0 Å². The van der Waals surface area contributed by atoms with Crippen LogP contribution in [-0.4, -0.2) is 69.2 Å². The van der Waals surface area contributed by atoms with Crippen LogP contribution in [0.3, 0.4) is 0 Å². The zero-order valence-corrected chi connectivity index (χ0v) is 21.3. The molecule has 2 heterocycles. The van der Waals surface area contributed by atoms with Gasteiger partial charge in [-0.1, -0.05) is 18.2 Å². The highest BCUT2D eigenvalue weighted by Gasteiger charge is 2.23. The van der Waals surface area contributed by atoms with Crippen molar-refractivity contribution in [1.82, 2.24) is 9.80 Å². The third-order valence-electron chi connectivity index (χ3n) is 5.31. The van der Waals surface area contributed by atoms with Gasteiger partial charge in [0, 0.05) is 25.1 Å². The SMILES string of the molecule is COCCN(CC(=O)N(CCc1ccc(OC)c(OC)c1)Cc1cccs1)C(=O)c1cccs1. The Morgan fingerprint density at radius 1 is 0.882 bits per heavy atom. The number of carbonyl (C=O) groups is 2. The van der Waals surface area contributed by atoms with Gasteiger partial charge in [0.25, 0.3) is 5.91 Å². The lowest BCUT2D eigenvalue weighted by atomic mass is 10.1. The first kappa shape index (κ1) is 25.7. The summed E-state index contributed by atoms with van der Waals surface area (Å²) in [4.78, 5) is 31.5. The average Bonchev–Trinajstić information content (AvgIpc) is 3.58. The fourth-order valence-corrected chi connectivity index (χ4v) is 4.87. The Kier molecular flexibility index (Phi) is 9.93. The van der Waals surface area contributed by atoms with E-state index in [0.29, 0.717) is 49.0 Å². The lowest BCUT2D eigenvalue weighted by Gasteiger charge is -2.27. The van der Waals surface area contributed by atoms with Crippen molar-refractivity contribution < 1.29 is 23.8 Å². The van der Waals surface area contributed by atoms with Gasteiger partial charge in [0.2, 0.25) is 5.91 Å². The molecule has 0 N–H and O–H groups in total. The Hall–Kier alpha value is -2.88. The minimum absolute atomic E-state index is 0.00258. The molecule has 0 aliphatic rings. The maximum atomic E-state index is 13.4. The molecule has 3 rings (SSSR count). The lowest BCUT2D eigenvalue weighted by molar-refractivity contribution is -0.132. The van der Waals surface area contributed by atoms with Crippen LogP contribution in [0.25, 0.3) is 0 Å². The molecule has 0 aliphatic heterocycles. The lowest BCUT2D eigenvalue weighted by Crippen LogP contribution is -2.44. The van der Waals surface area contributed by atoms with Crippen molar-refractivity contribution in [2.75, 3.05) is 47.6 Å². The number of amides is 2. The Bertz CT molecular complexity index is 1040. The quantitative estimate of drug-likeness (QED) is 0.351. The summed E-state index contributed by atoms with van der Waals surface area (Å²) < 4.78 is 15.9. The van der Waals surface area contributed by atoms with Crippen molar-refractivity contribution in [2.45, 2.75) is 13.0 Å². The molecule has 0 fully saturated rings. The summed E-state index contributed by atoms with van der Waals surface area (Å²) in [5.41, 5.74) is 1.03. The molecule has 0 bridgehead atoms. The molecular formula is C25H30N2O5S2. The molecular weight excluding hydrogens is 472 g/mol. The minimum atomic E-state index is -0.156. The smallest absolute Gasteiger partial charge is 0.264 e. The van der Waals surface area contributed by atoms with E-state index in [0.717, 1.165) is 10.4 Å². The topological polar surface area (TPSA) is 68.3 Å². The highest BCUT2D eigenvalue weighted by molar-refractivity contribution is 7.12. The summed E-state index contributed by atoms with van der Waals surface area (Å²) in [6.07, 6.45) is 0.647. The van der Waals surface area contributed by atoms with Crippen molar-refractivity contribution in [2.24, 2.45) is 0 Å². The Labute approximate surface area is 208 Å². The van der Waals surface area contributed by atoms with Crippen molar-refractivity contribution in [3.63, 3.8) is 0 Å². The molecule has 0 atom stereocenters. The van der Waals surface area contributed by atoms with Crippen LogP contribution >= 0.6 is 22.7 Å². The normalized spacial score (nSPS) is 10.7. The number of thiophene rings is 2. The van der Waals surface area contributed by atoms with Crippen LogP contribution in [0, 0.1) is 0 Å². The van der Waals surface area contributed by atoms with Crippen LogP contribution in [0.15, 0.2) is 53.2 Å². The fraction of sp³-hybridized carbons (Fsp3) is 0.360. The van der Waals surface area contributed by atoms with Gasteiger partial charge < -0.3 is 24.0 Å². The van der Waals surface area contributed by atoms with Crippen molar-refractivity contribution in [3.05, 3.63) is 68.5 Å². The van der Waals surface area contributed by atoms with E-state index in [-0.39, 0.29) is 18.4 Å². The summed E-state index contributed by atoms with van der Waals surface area (Å²) >= 11 is 2.98. The molecule has 9 heteroatoms. The molecule has 34 heavy (non-hydrogen) atoms. The van der Waals surface area contributed by atoms with Crippen LogP contribution in [0.1, 0.15) is 20.1 Å². The Morgan fingerprint density at radius 2 is 1.65 bits per heavy atom. The van der Waals surface area contributed by atoms with E-state index in [1.807, 2.05) is 52.1 Å². The van der Waals surface area contributed by atoms with Gasteiger partial charge >= 0.3 is 0 Å². The number of ether oxygens (including phenoxy) is 3. The van der Waals surface area contributed by atoms with Gasteiger partial charge in [-0.3, -0.25) is 9.59 Å². The van der Waals surface area contributed by atoms with E-state index in [2.05, 4.69) is 0 Å². The van der Waals surface area contributed by atoms with Gasteiger partial charge in [-0.2, -0.15) is 0 Å². The molecule has 7 nitrogen and oxygen atoms in total. The maximum absolute atomic E-state index is 13.4. The Balaban J connectivity index is 1.74. The van der Waals surface area contributed by atoms with Crippen LogP contribution in [0.4, 0.5) is 0 Å². The second-order valence-electron chi connectivity index (χ2n) is 7.53. The maximum Gasteiger partial charge on any atom is 0.264 e. The third-order valence-corrected chi connectivity index (χ3v) is 7.03. The van der Waals surface area contributed by atoms with Gasteiger partial charge in [-0.25, -0.2) is 0 Å². The number of rotatable bonds is 13.